The fourth-order valence-corrected chi connectivity index (χ4v) is 4.51. The molecule has 1 atom stereocenters. The first-order valence-electron chi connectivity index (χ1n) is 12.3. The van der Waals surface area contributed by atoms with Crippen LogP contribution in [0.25, 0.3) is 0 Å². The molecule has 2 heterocycles. The Labute approximate surface area is 217 Å². The molecule has 2 aliphatic heterocycles. The number of guanidine groups is 1. The van der Waals surface area contributed by atoms with Gasteiger partial charge in [-0.05, 0) is 31.0 Å². The zero-order chi connectivity index (χ0) is 22.6. The Kier molecular flexibility index (Phi) is 13.6. The molecule has 0 aliphatic carbocycles. The van der Waals surface area contributed by atoms with Crippen LogP contribution in [0.1, 0.15) is 31.4 Å². The number of nitrogens with zero attached hydrogens (tertiary/aromatic N) is 4. The molecule has 0 radical (unpaired) electrons. The molecule has 1 aromatic carbocycles. The van der Waals surface area contributed by atoms with Crippen molar-refractivity contribution >= 4 is 29.9 Å². The first kappa shape index (κ1) is 28.3. The Morgan fingerprint density at radius 1 is 1.03 bits per heavy atom. The van der Waals surface area contributed by atoms with E-state index in [4.69, 9.17) is 14.5 Å². The van der Waals surface area contributed by atoms with Crippen LogP contribution in [-0.2, 0) is 22.6 Å². The highest BCUT2D eigenvalue weighted by atomic mass is 127. The van der Waals surface area contributed by atoms with Crippen LogP contribution in [0, 0.1) is 5.92 Å². The molecule has 1 N–H and O–H groups in total. The van der Waals surface area contributed by atoms with E-state index in [-0.39, 0.29) is 24.0 Å². The van der Waals surface area contributed by atoms with Crippen LogP contribution in [0.15, 0.2) is 29.3 Å². The molecule has 2 aliphatic rings. The summed E-state index contributed by atoms with van der Waals surface area (Å²) in [6, 6.07) is 8.80. The average molecular weight is 574 g/mol. The van der Waals surface area contributed by atoms with Crippen LogP contribution in [0.2, 0.25) is 0 Å². The van der Waals surface area contributed by atoms with Crippen molar-refractivity contribution < 1.29 is 9.47 Å². The zero-order valence-electron chi connectivity index (χ0n) is 20.8. The van der Waals surface area contributed by atoms with Crippen LogP contribution >= 0.6 is 24.0 Å². The summed E-state index contributed by atoms with van der Waals surface area (Å²) >= 11 is 0. The molecule has 8 heteroatoms. The largest absolute Gasteiger partial charge is 0.382 e. The summed E-state index contributed by atoms with van der Waals surface area (Å²) < 4.78 is 10.8. The highest BCUT2D eigenvalue weighted by molar-refractivity contribution is 14.0. The van der Waals surface area contributed by atoms with Gasteiger partial charge in [0.1, 0.15) is 0 Å². The number of benzene rings is 1. The second-order valence-corrected chi connectivity index (χ2v) is 8.82. The van der Waals surface area contributed by atoms with Crippen LogP contribution < -0.4 is 5.32 Å². The first-order valence-corrected chi connectivity index (χ1v) is 12.3. The van der Waals surface area contributed by atoms with Gasteiger partial charge in [-0.1, -0.05) is 31.2 Å². The Bertz CT molecular complexity index is 697. The van der Waals surface area contributed by atoms with Crippen LogP contribution in [0.4, 0.5) is 0 Å². The maximum atomic E-state index is 5.76. The molecule has 188 valence electrons. The van der Waals surface area contributed by atoms with Crippen LogP contribution in [0.3, 0.4) is 0 Å². The van der Waals surface area contributed by atoms with Gasteiger partial charge in [-0.3, -0.25) is 4.90 Å². The van der Waals surface area contributed by atoms with Gasteiger partial charge in [-0.15, -0.1) is 24.0 Å². The number of ether oxygens (including phenoxy) is 2. The van der Waals surface area contributed by atoms with Gasteiger partial charge in [-0.25, -0.2) is 4.99 Å². The number of likely N-dealkylation sites (tertiary alicyclic amines) is 1. The van der Waals surface area contributed by atoms with Crippen molar-refractivity contribution in [2.45, 2.75) is 33.4 Å². The van der Waals surface area contributed by atoms with Crippen molar-refractivity contribution in [3.05, 3.63) is 35.4 Å². The molecule has 3 rings (SSSR count). The Balaban J connectivity index is 0.00000385. The van der Waals surface area contributed by atoms with Crippen molar-refractivity contribution in [3.63, 3.8) is 0 Å². The molecule has 0 spiro atoms. The highest BCUT2D eigenvalue weighted by Crippen LogP contribution is 2.18. The maximum Gasteiger partial charge on any atom is 0.194 e. The minimum Gasteiger partial charge on any atom is -0.382 e. The lowest BCUT2D eigenvalue weighted by Crippen LogP contribution is -2.45. The van der Waals surface area contributed by atoms with Crippen molar-refractivity contribution in [2.24, 2.45) is 10.9 Å². The number of likely N-dealkylation sites (N-methyl/N-ethyl adjacent to an activating group) is 1. The van der Waals surface area contributed by atoms with Crippen molar-refractivity contribution in [1.29, 1.82) is 0 Å². The van der Waals surface area contributed by atoms with Crippen molar-refractivity contribution in [3.8, 4) is 0 Å². The standard InChI is InChI=1S/C25H43N5O2.HI/c1-4-26-25(30-11-10-22(19-30)21-32-17-16-31-3)27-18-23-8-6-7-9-24(23)20-29-14-12-28(5-2)13-15-29;/h6-9,22H,4-5,10-21H2,1-3H3,(H,26,27);1H. The summed E-state index contributed by atoms with van der Waals surface area (Å²) in [5, 5.41) is 3.50. The third kappa shape index (κ3) is 9.32. The topological polar surface area (TPSA) is 52.6 Å². The van der Waals surface area contributed by atoms with E-state index < -0.39 is 0 Å². The molecule has 0 bridgehead atoms. The van der Waals surface area contributed by atoms with Gasteiger partial charge in [0.25, 0.3) is 0 Å². The summed E-state index contributed by atoms with van der Waals surface area (Å²) in [4.78, 5) is 12.5. The highest BCUT2D eigenvalue weighted by Gasteiger charge is 2.25. The Hall–Kier alpha value is -0.940. The number of hydrogen-bond donors (Lipinski definition) is 1. The molecule has 0 saturated carbocycles. The van der Waals surface area contributed by atoms with E-state index in [1.807, 2.05) is 0 Å². The molecule has 0 aromatic heterocycles. The summed E-state index contributed by atoms with van der Waals surface area (Å²) in [7, 11) is 1.71. The van der Waals surface area contributed by atoms with E-state index in [9.17, 15) is 0 Å². The van der Waals surface area contributed by atoms with Gasteiger partial charge < -0.3 is 24.6 Å². The third-order valence-electron chi connectivity index (χ3n) is 6.53. The normalized spacial score (nSPS) is 20.2. The quantitative estimate of drug-likeness (QED) is 0.190. The molecule has 0 amide bonds. The van der Waals surface area contributed by atoms with Crippen molar-refractivity contribution in [1.82, 2.24) is 20.0 Å². The number of halogens is 1. The van der Waals surface area contributed by atoms with Crippen molar-refractivity contribution in [2.75, 3.05) is 79.3 Å². The molecular formula is C25H44IN5O2. The first-order chi connectivity index (χ1) is 15.7. The summed E-state index contributed by atoms with van der Waals surface area (Å²) in [5.41, 5.74) is 2.74. The number of hydrogen-bond acceptors (Lipinski definition) is 5. The Morgan fingerprint density at radius 2 is 1.76 bits per heavy atom. The van der Waals surface area contributed by atoms with Gasteiger partial charge >= 0.3 is 0 Å². The molecule has 2 fully saturated rings. The van der Waals surface area contributed by atoms with Gasteiger partial charge in [0, 0.05) is 65.4 Å². The lowest BCUT2D eigenvalue weighted by molar-refractivity contribution is 0.0536. The molecule has 1 aromatic rings. The van der Waals surface area contributed by atoms with Crippen LogP contribution in [0.5, 0.6) is 0 Å². The number of methoxy groups -OCH3 is 1. The Morgan fingerprint density at radius 3 is 2.45 bits per heavy atom. The van der Waals surface area contributed by atoms with Gasteiger partial charge in [0.05, 0.1) is 26.4 Å². The second kappa shape index (κ2) is 15.9. The minimum absolute atomic E-state index is 0. The van der Waals surface area contributed by atoms with E-state index in [1.54, 1.807) is 7.11 Å². The second-order valence-electron chi connectivity index (χ2n) is 8.82. The molecule has 2 saturated heterocycles. The number of rotatable bonds is 11. The smallest absolute Gasteiger partial charge is 0.194 e. The van der Waals surface area contributed by atoms with Gasteiger partial charge in [0.15, 0.2) is 5.96 Å². The third-order valence-corrected chi connectivity index (χ3v) is 6.53. The van der Waals surface area contributed by atoms with E-state index in [2.05, 4.69) is 58.1 Å². The van der Waals surface area contributed by atoms with Gasteiger partial charge in [-0.2, -0.15) is 0 Å². The molecule has 1 unspecified atom stereocenters. The minimum atomic E-state index is 0. The van der Waals surface area contributed by atoms with E-state index >= 15 is 0 Å². The predicted molar refractivity (Wildman–Crippen MR) is 146 cm³/mol. The monoisotopic (exact) mass is 573 g/mol. The fourth-order valence-electron chi connectivity index (χ4n) is 4.51. The van der Waals surface area contributed by atoms with E-state index in [0.717, 1.165) is 71.3 Å². The number of piperazine rings is 1. The summed E-state index contributed by atoms with van der Waals surface area (Å²) in [5.74, 6) is 1.59. The zero-order valence-corrected chi connectivity index (χ0v) is 23.1. The maximum absolute atomic E-state index is 5.76. The predicted octanol–water partition coefficient (Wildman–Crippen LogP) is 2.89. The summed E-state index contributed by atoms with van der Waals surface area (Å²) in [6.45, 7) is 17.0. The van der Waals surface area contributed by atoms with E-state index in [1.165, 1.54) is 24.2 Å². The SMILES string of the molecule is CCNC(=NCc1ccccc1CN1CCN(CC)CC1)N1CCC(COCCOC)C1.I. The average Bonchev–Trinajstić information content (AvgIpc) is 3.30. The fraction of sp³-hybridized carbons (Fsp3) is 0.720. The lowest BCUT2D eigenvalue weighted by Gasteiger charge is -2.34. The lowest BCUT2D eigenvalue weighted by atomic mass is 10.1. The van der Waals surface area contributed by atoms with Gasteiger partial charge in [0.2, 0.25) is 0 Å². The summed E-state index contributed by atoms with van der Waals surface area (Å²) in [6.07, 6.45) is 1.15. The molecule has 7 nitrogen and oxygen atoms in total. The van der Waals surface area contributed by atoms with E-state index in [0.29, 0.717) is 19.1 Å². The number of nitrogens with one attached hydrogen (secondary N) is 1. The molecule has 33 heavy (non-hydrogen) atoms. The van der Waals surface area contributed by atoms with Crippen LogP contribution in [-0.4, -0.2) is 99.9 Å². The number of aliphatic imine (C=N–C) groups is 1. The molecular weight excluding hydrogens is 529 g/mol.